The smallest absolute Gasteiger partial charge is 0.281 e. The number of benzene rings is 1. The van der Waals surface area contributed by atoms with Crippen molar-refractivity contribution in [2.75, 3.05) is 32.0 Å². The Hall–Kier alpha value is -1.69. The van der Waals surface area contributed by atoms with Crippen molar-refractivity contribution in [3.8, 4) is 5.75 Å². The van der Waals surface area contributed by atoms with Crippen LogP contribution in [-0.4, -0.2) is 48.0 Å². The van der Waals surface area contributed by atoms with E-state index in [-0.39, 0.29) is 11.1 Å². The molecular weight excluding hydrogens is 300 g/mol. The average Bonchev–Trinajstić information content (AvgIpc) is 2.89. The minimum absolute atomic E-state index is 0.0465. The zero-order valence-corrected chi connectivity index (χ0v) is 13.9. The van der Waals surface area contributed by atoms with Gasteiger partial charge in [0, 0.05) is 25.3 Å². The van der Waals surface area contributed by atoms with Crippen LogP contribution < -0.4 is 10.1 Å². The summed E-state index contributed by atoms with van der Waals surface area (Å²) in [6, 6.07) is 6.01. The van der Waals surface area contributed by atoms with Crippen LogP contribution in [0.4, 0.5) is 4.79 Å². The van der Waals surface area contributed by atoms with Crippen molar-refractivity contribution in [3.63, 3.8) is 0 Å². The van der Waals surface area contributed by atoms with Crippen molar-refractivity contribution in [2.45, 2.75) is 20.3 Å². The molecule has 2 amide bonds. The van der Waals surface area contributed by atoms with E-state index in [2.05, 4.69) is 5.32 Å². The minimum Gasteiger partial charge on any atom is -0.491 e. The second-order valence-electron chi connectivity index (χ2n) is 5.27. The van der Waals surface area contributed by atoms with Crippen LogP contribution in [0.1, 0.15) is 17.5 Å². The lowest BCUT2D eigenvalue weighted by Gasteiger charge is -2.14. The van der Waals surface area contributed by atoms with E-state index < -0.39 is 0 Å². The normalized spacial score (nSPS) is 14.3. The Morgan fingerprint density at radius 3 is 2.73 bits per heavy atom. The second kappa shape index (κ2) is 8.08. The van der Waals surface area contributed by atoms with Gasteiger partial charge in [0.05, 0.1) is 6.54 Å². The highest BCUT2D eigenvalue weighted by Gasteiger charge is 2.21. The van der Waals surface area contributed by atoms with Crippen molar-refractivity contribution >= 4 is 22.9 Å². The Balaban J connectivity index is 1.64. The summed E-state index contributed by atoms with van der Waals surface area (Å²) >= 11 is 1.31. The summed E-state index contributed by atoms with van der Waals surface area (Å²) in [6.07, 6.45) is 0.343. The lowest BCUT2D eigenvalue weighted by atomic mass is 10.1. The number of ether oxygens (including phenoxy) is 1. The van der Waals surface area contributed by atoms with Gasteiger partial charge in [-0.1, -0.05) is 30.0 Å². The van der Waals surface area contributed by atoms with Crippen LogP contribution in [0, 0.1) is 13.8 Å². The van der Waals surface area contributed by atoms with Gasteiger partial charge in [0.2, 0.25) is 5.91 Å². The molecule has 5 nitrogen and oxygen atoms in total. The SMILES string of the molecule is Cc1cccc(C)c1OCCNC(=O)CCN1CCSC1=O. The number of nitrogens with zero attached hydrogens (tertiary/aromatic N) is 1. The Bertz CT molecular complexity index is 528. The number of aryl methyl sites for hydroxylation is 2. The quantitative estimate of drug-likeness (QED) is 0.783. The molecule has 6 heteroatoms. The number of hydrogen-bond acceptors (Lipinski definition) is 4. The Labute approximate surface area is 135 Å². The van der Waals surface area contributed by atoms with Gasteiger partial charge in [-0.25, -0.2) is 0 Å². The molecule has 1 aromatic rings. The number of amides is 2. The molecule has 1 aromatic carbocycles. The summed E-state index contributed by atoms with van der Waals surface area (Å²) < 4.78 is 5.73. The van der Waals surface area contributed by atoms with Gasteiger partial charge < -0.3 is 15.0 Å². The Morgan fingerprint density at radius 2 is 2.09 bits per heavy atom. The Morgan fingerprint density at radius 1 is 1.36 bits per heavy atom. The fraction of sp³-hybridized carbons (Fsp3) is 0.500. The standard InChI is InChI=1S/C16H22N2O3S/c1-12-4-3-5-13(2)15(12)21-10-7-17-14(19)6-8-18-9-11-22-16(18)20/h3-5H,6-11H2,1-2H3,(H,17,19). The highest BCUT2D eigenvalue weighted by atomic mass is 32.2. The van der Waals surface area contributed by atoms with E-state index >= 15 is 0 Å². The average molecular weight is 322 g/mol. The monoisotopic (exact) mass is 322 g/mol. The first-order chi connectivity index (χ1) is 10.6. The molecule has 1 aliphatic heterocycles. The third kappa shape index (κ3) is 4.66. The van der Waals surface area contributed by atoms with Crippen molar-refractivity contribution in [1.82, 2.24) is 10.2 Å². The van der Waals surface area contributed by atoms with Gasteiger partial charge in [0.25, 0.3) is 5.24 Å². The van der Waals surface area contributed by atoms with Gasteiger partial charge in [-0.3, -0.25) is 9.59 Å². The van der Waals surface area contributed by atoms with Crippen molar-refractivity contribution in [1.29, 1.82) is 0 Å². The molecule has 0 aliphatic carbocycles. The third-order valence-corrected chi connectivity index (χ3v) is 4.42. The number of nitrogens with one attached hydrogen (secondary N) is 1. The van der Waals surface area contributed by atoms with Gasteiger partial charge in [0.15, 0.2) is 0 Å². The number of thioether (sulfide) groups is 1. The molecule has 1 fully saturated rings. The molecule has 1 N–H and O–H groups in total. The Kier molecular flexibility index (Phi) is 6.12. The summed E-state index contributed by atoms with van der Waals surface area (Å²) in [5.74, 6) is 1.66. The summed E-state index contributed by atoms with van der Waals surface area (Å²) in [5, 5.41) is 2.90. The van der Waals surface area contributed by atoms with Gasteiger partial charge in [-0.15, -0.1) is 0 Å². The van der Waals surface area contributed by atoms with Crippen LogP contribution in [-0.2, 0) is 4.79 Å². The van der Waals surface area contributed by atoms with Crippen molar-refractivity contribution in [3.05, 3.63) is 29.3 Å². The van der Waals surface area contributed by atoms with E-state index in [0.29, 0.717) is 26.1 Å². The van der Waals surface area contributed by atoms with Gasteiger partial charge in [0.1, 0.15) is 12.4 Å². The van der Waals surface area contributed by atoms with Crippen LogP contribution in [0.5, 0.6) is 5.75 Å². The number of para-hydroxylation sites is 1. The predicted molar refractivity (Wildman–Crippen MR) is 88.5 cm³/mol. The first kappa shape index (κ1) is 16.7. The maximum absolute atomic E-state index is 11.7. The molecule has 2 rings (SSSR count). The fourth-order valence-electron chi connectivity index (χ4n) is 2.32. The van der Waals surface area contributed by atoms with Crippen LogP contribution in [0.25, 0.3) is 0 Å². The molecule has 0 bridgehead atoms. The van der Waals surface area contributed by atoms with Crippen molar-refractivity contribution in [2.24, 2.45) is 0 Å². The highest BCUT2D eigenvalue weighted by molar-refractivity contribution is 8.13. The minimum atomic E-state index is -0.0465. The largest absolute Gasteiger partial charge is 0.491 e. The predicted octanol–water partition coefficient (Wildman–Crippen LogP) is 2.36. The van der Waals surface area contributed by atoms with Gasteiger partial charge in [-0.2, -0.15) is 0 Å². The fourth-order valence-corrected chi connectivity index (χ4v) is 3.18. The number of carbonyl (C=O) groups excluding carboxylic acids is 2. The van der Waals surface area contributed by atoms with Crippen molar-refractivity contribution < 1.29 is 14.3 Å². The zero-order chi connectivity index (χ0) is 15.9. The van der Waals surface area contributed by atoms with Crippen LogP contribution in [0.2, 0.25) is 0 Å². The van der Waals surface area contributed by atoms with E-state index in [9.17, 15) is 9.59 Å². The molecule has 0 saturated carbocycles. The third-order valence-electron chi connectivity index (χ3n) is 3.53. The summed E-state index contributed by atoms with van der Waals surface area (Å²) in [6.45, 7) is 6.16. The maximum atomic E-state index is 11.7. The molecule has 120 valence electrons. The summed E-state index contributed by atoms with van der Waals surface area (Å²) in [4.78, 5) is 24.9. The molecule has 1 saturated heterocycles. The van der Waals surface area contributed by atoms with E-state index in [0.717, 1.165) is 29.2 Å². The van der Waals surface area contributed by atoms with E-state index in [1.54, 1.807) is 4.90 Å². The first-order valence-corrected chi connectivity index (χ1v) is 8.44. The van der Waals surface area contributed by atoms with Crippen LogP contribution in [0.15, 0.2) is 18.2 Å². The first-order valence-electron chi connectivity index (χ1n) is 7.45. The number of carbonyl (C=O) groups is 2. The molecule has 0 spiro atoms. The summed E-state index contributed by atoms with van der Waals surface area (Å²) in [5.41, 5.74) is 2.19. The molecule has 1 aliphatic rings. The summed E-state index contributed by atoms with van der Waals surface area (Å²) in [7, 11) is 0. The molecule has 0 atom stereocenters. The topological polar surface area (TPSA) is 58.6 Å². The maximum Gasteiger partial charge on any atom is 0.281 e. The molecule has 1 heterocycles. The molecule has 22 heavy (non-hydrogen) atoms. The van der Waals surface area contributed by atoms with E-state index in [4.69, 9.17) is 4.74 Å². The highest BCUT2D eigenvalue weighted by Crippen LogP contribution is 2.21. The van der Waals surface area contributed by atoms with E-state index in [1.807, 2.05) is 32.0 Å². The van der Waals surface area contributed by atoms with Crippen LogP contribution >= 0.6 is 11.8 Å². The lowest BCUT2D eigenvalue weighted by molar-refractivity contribution is -0.121. The van der Waals surface area contributed by atoms with E-state index in [1.165, 1.54) is 11.8 Å². The number of hydrogen-bond donors (Lipinski definition) is 1. The van der Waals surface area contributed by atoms with Gasteiger partial charge in [-0.05, 0) is 25.0 Å². The second-order valence-corrected chi connectivity index (χ2v) is 6.32. The molecular formula is C16H22N2O3S. The zero-order valence-electron chi connectivity index (χ0n) is 13.1. The molecule has 0 radical (unpaired) electrons. The lowest BCUT2D eigenvalue weighted by Crippen LogP contribution is -2.33. The molecule has 0 aromatic heterocycles. The number of rotatable bonds is 7. The van der Waals surface area contributed by atoms with Crippen LogP contribution in [0.3, 0.4) is 0 Å². The van der Waals surface area contributed by atoms with Gasteiger partial charge >= 0.3 is 0 Å². The molecule has 0 unspecified atom stereocenters.